The van der Waals surface area contributed by atoms with Crippen LogP contribution in [0.1, 0.15) is 44.1 Å². The molecule has 2 bridgehead atoms. The van der Waals surface area contributed by atoms with Gasteiger partial charge in [-0.15, -0.1) is 0 Å². The summed E-state index contributed by atoms with van der Waals surface area (Å²) in [4.78, 5) is 42.3. The molecule has 0 radical (unpaired) electrons. The Kier molecular flexibility index (Phi) is 5.22. The smallest absolute Gasteiger partial charge is 0.230 e. The lowest BCUT2D eigenvalue weighted by Gasteiger charge is -2.43. The van der Waals surface area contributed by atoms with Gasteiger partial charge in [-0.1, -0.05) is 49.4 Å². The molecular formula is C28H30N2O5. The number of Topliss-reactive ketones (excluding diaryl/α,β-unsaturated/α-hetero) is 1. The highest BCUT2D eigenvalue weighted by Crippen LogP contribution is 2.59. The van der Waals surface area contributed by atoms with E-state index >= 15 is 0 Å². The van der Waals surface area contributed by atoms with Gasteiger partial charge in [0.1, 0.15) is 17.1 Å². The number of ether oxygens (including phenoxy) is 1. The number of nitrogens with zero attached hydrogens (tertiary/aromatic N) is 1. The minimum absolute atomic E-state index is 0.0442. The SMILES string of the molecule is CC(CCc1ccccc1)NC(=O)C1C2C(=O)N3C(c4ccco4)CC(=O)C(C)C3C23C=C[C@H]1O3. The molecule has 7 heteroatoms. The van der Waals surface area contributed by atoms with Crippen LogP contribution in [0, 0.1) is 17.8 Å². The highest BCUT2D eigenvalue weighted by atomic mass is 16.5. The van der Waals surface area contributed by atoms with Gasteiger partial charge < -0.3 is 19.4 Å². The topological polar surface area (TPSA) is 88.9 Å². The molecule has 182 valence electrons. The van der Waals surface area contributed by atoms with Crippen LogP contribution in [-0.4, -0.2) is 46.3 Å². The first kappa shape index (κ1) is 22.3. The lowest BCUT2D eigenvalue weighted by molar-refractivity contribution is -0.148. The number of carbonyl (C=O) groups excluding carboxylic acids is 3. The average molecular weight is 475 g/mol. The molecule has 5 heterocycles. The van der Waals surface area contributed by atoms with Gasteiger partial charge in [0.25, 0.3) is 0 Å². The van der Waals surface area contributed by atoms with Gasteiger partial charge in [0.2, 0.25) is 11.8 Å². The normalized spacial score (nSPS) is 35.8. The molecule has 1 N–H and O–H groups in total. The largest absolute Gasteiger partial charge is 0.467 e. The predicted molar refractivity (Wildman–Crippen MR) is 127 cm³/mol. The first-order valence-corrected chi connectivity index (χ1v) is 12.5. The molecule has 4 aliphatic rings. The zero-order valence-electron chi connectivity index (χ0n) is 19.9. The molecule has 0 aliphatic carbocycles. The minimum Gasteiger partial charge on any atom is -0.467 e. The van der Waals surface area contributed by atoms with Crippen LogP contribution in [0.2, 0.25) is 0 Å². The maximum Gasteiger partial charge on any atom is 0.230 e. The average Bonchev–Trinajstić information content (AvgIpc) is 3.63. The van der Waals surface area contributed by atoms with Gasteiger partial charge in [0.05, 0.1) is 36.3 Å². The van der Waals surface area contributed by atoms with E-state index < -0.39 is 35.6 Å². The lowest BCUT2D eigenvalue weighted by atomic mass is 9.70. The molecule has 2 aromatic rings. The van der Waals surface area contributed by atoms with Gasteiger partial charge in [0.15, 0.2) is 0 Å². The molecule has 2 amide bonds. The second-order valence-corrected chi connectivity index (χ2v) is 10.4. The summed E-state index contributed by atoms with van der Waals surface area (Å²) in [6.07, 6.45) is 6.80. The molecule has 8 atom stereocenters. The molecule has 1 aromatic carbocycles. The van der Waals surface area contributed by atoms with Crippen LogP contribution in [0.25, 0.3) is 0 Å². The van der Waals surface area contributed by atoms with Crippen molar-refractivity contribution in [3.8, 4) is 0 Å². The number of benzene rings is 1. The highest BCUT2D eigenvalue weighted by molar-refractivity contribution is 5.96. The minimum atomic E-state index is -0.961. The molecule has 0 saturated carbocycles. The number of nitrogens with one attached hydrogen (secondary N) is 1. The van der Waals surface area contributed by atoms with Crippen molar-refractivity contribution in [3.05, 3.63) is 72.2 Å². The second kappa shape index (κ2) is 8.19. The van der Waals surface area contributed by atoms with Crippen molar-refractivity contribution in [3.63, 3.8) is 0 Å². The number of amides is 2. The number of rotatable bonds is 6. The van der Waals surface area contributed by atoms with Gasteiger partial charge in [-0.25, -0.2) is 0 Å². The third-order valence-electron chi connectivity index (χ3n) is 8.35. The van der Waals surface area contributed by atoms with Crippen LogP contribution in [0.4, 0.5) is 0 Å². The van der Waals surface area contributed by atoms with E-state index in [4.69, 9.17) is 9.15 Å². The number of hydrogen-bond donors (Lipinski definition) is 1. The van der Waals surface area contributed by atoms with Crippen molar-refractivity contribution in [1.29, 1.82) is 0 Å². The van der Waals surface area contributed by atoms with Crippen molar-refractivity contribution in [2.45, 2.75) is 62.9 Å². The Hall–Kier alpha value is -3.19. The fourth-order valence-corrected chi connectivity index (χ4v) is 6.70. The Morgan fingerprint density at radius 2 is 2.00 bits per heavy atom. The van der Waals surface area contributed by atoms with Crippen LogP contribution in [-0.2, 0) is 25.5 Å². The van der Waals surface area contributed by atoms with Crippen molar-refractivity contribution in [2.75, 3.05) is 0 Å². The van der Waals surface area contributed by atoms with Crippen molar-refractivity contribution >= 4 is 17.6 Å². The van der Waals surface area contributed by atoms with Crippen molar-refractivity contribution in [2.24, 2.45) is 17.8 Å². The van der Waals surface area contributed by atoms with E-state index in [2.05, 4.69) is 17.4 Å². The van der Waals surface area contributed by atoms with E-state index in [-0.39, 0.29) is 36.0 Å². The Balaban J connectivity index is 1.25. The number of carbonyl (C=O) groups is 3. The third-order valence-corrected chi connectivity index (χ3v) is 8.35. The van der Waals surface area contributed by atoms with Crippen LogP contribution in [0.3, 0.4) is 0 Å². The fraction of sp³-hybridized carbons (Fsp3) is 0.464. The number of piperidine rings is 1. The van der Waals surface area contributed by atoms with Gasteiger partial charge >= 0.3 is 0 Å². The van der Waals surface area contributed by atoms with Crippen molar-refractivity contribution in [1.82, 2.24) is 10.2 Å². The first-order chi connectivity index (χ1) is 16.9. The number of aryl methyl sites for hydroxylation is 1. The summed E-state index contributed by atoms with van der Waals surface area (Å²) in [5.41, 5.74) is 0.265. The van der Waals surface area contributed by atoms with E-state index in [1.807, 2.05) is 44.2 Å². The summed E-state index contributed by atoms with van der Waals surface area (Å²) in [6, 6.07) is 12.8. The van der Waals surface area contributed by atoms with Gasteiger partial charge in [-0.2, -0.15) is 0 Å². The maximum absolute atomic E-state index is 14.0. The number of furan rings is 1. The van der Waals surface area contributed by atoms with Gasteiger partial charge in [0, 0.05) is 18.4 Å². The van der Waals surface area contributed by atoms with Crippen LogP contribution >= 0.6 is 0 Å². The predicted octanol–water partition coefficient (Wildman–Crippen LogP) is 3.22. The van der Waals surface area contributed by atoms with Crippen molar-refractivity contribution < 1.29 is 23.5 Å². The summed E-state index contributed by atoms with van der Waals surface area (Å²) in [5.74, 6) is -1.25. The van der Waals surface area contributed by atoms with E-state index in [1.54, 1.807) is 23.3 Å². The van der Waals surface area contributed by atoms with E-state index in [9.17, 15) is 14.4 Å². The Morgan fingerprint density at radius 3 is 2.74 bits per heavy atom. The fourth-order valence-electron chi connectivity index (χ4n) is 6.70. The molecule has 6 rings (SSSR count). The molecule has 3 saturated heterocycles. The number of fused-ring (bicyclic) bond motifs is 2. The molecule has 1 spiro atoms. The van der Waals surface area contributed by atoms with Gasteiger partial charge in [-0.05, 0) is 37.5 Å². The Labute approximate surface area is 204 Å². The third kappa shape index (κ3) is 3.32. The Morgan fingerprint density at radius 1 is 1.20 bits per heavy atom. The van der Waals surface area contributed by atoms with E-state index in [0.29, 0.717) is 5.76 Å². The number of ketones is 1. The Bertz CT molecular complexity index is 1180. The zero-order valence-corrected chi connectivity index (χ0v) is 19.9. The van der Waals surface area contributed by atoms with E-state index in [1.165, 1.54) is 5.56 Å². The maximum atomic E-state index is 14.0. The van der Waals surface area contributed by atoms with Crippen LogP contribution < -0.4 is 5.32 Å². The standard InChI is InChI=1S/C28H30N2O5/c1-16(10-11-18-7-4-3-5-8-18)29-26(32)23-22-12-13-28(35-22)24(23)27(33)30-19(21-9-6-14-34-21)15-20(31)17(2)25(28)30/h3-9,12-14,16-17,19,22-25H,10-11,15H2,1-2H3,(H,29,32)/t16?,17?,19?,22-,23?,24?,25?,28?/m1/s1. The summed E-state index contributed by atoms with van der Waals surface area (Å²) in [7, 11) is 0. The summed E-state index contributed by atoms with van der Waals surface area (Å²) < 4.78 is 12.1. The molecular weight excluding hydrogens is 444 g/mol. The highest BCUT2D eigenvalue weighted by Gasteiger charge is 2.74. The quantitative estimate of drug-likeness (QED) is 0.650. The van der Waals surface area contributed by atoms with Crippen LogP contribution in [0.5, 0.6) is 0 Å². The lowest BCUT2D eigenvalue weighted by Crippen LogP contribution is -2.55. The molecule has 7 nitrogen and oxygen atoms in total. The molecule has 1 aromatic heterocycles. The van der Waals surface area contributed by atoms with Gasteiger partial charge in [-0.3, -0.25) is 14.4 Å². The zero-order chi connectivity index (χ0) is 24.3. The summed E-state index contributed by atoms with van der Waals surface area (Å²) >= 11 is 0. The van der Waals surface area contributed by atoms with E-state index in [0.717, 1.165) is 12.8 Å². The second-order valence-electron chi connectivity index (χ2n) is 10.4. The first-order valence-electron chi connectivity index (χ1n) is 12.5. The molecule has 4 aliphatic heterocycles. The molecule has 7 unspecified atom stereocenters. The monoisotopic (exact) mass is 474 g/mol. The molecule has 35 heavy (non-hydrogen) atoms. The van der Waals surface area contributed by atoms with Crippen LogP contribution in [0.15, 0.2) is 65.3 Å². The number of hydrogen-bond acceptors (Lipinski definition) is 5. The summed E-state index contributed by atoms with van der Waals surface area (Å²) in [6.45, 7) is 3.86. The molecule has 3 fully saturated rings. The summed E-state index contributed by atoms with van der Waals surface area (Å²) in [5, 5.41) is 3.14.